The third-order valence-corrected chi connectivity index (χ3v) is 4.99. The molecule has 2 heterocycles. The van der Waals surface area contributed by atoms with Crippen LogP contribution in [-0.4, -0.2) is 5.33 Å². The predicted molar refractivity (Wildman–Crippen MR) is 101 cm³/mol. The van der Waals surface area contributed by atoms with Crippen LogP contribution in [0.25, 0.3) is 11.0 Å². The number of benzene rings is 2. The van der Waals surface area contributed by atoms with Gasteiger partial charge in [0.05, 0.1) is 5.39 Å². The first-order valence-corrected chi connectivity index (χ1v) is 9.29. The van der Waals surface area contributed by atoms with Crippen LogP contribution < -0.4 is 10.3 Å². The highest BCUT2D eigenvalue weighted by atomic mass is 79.9. The topological polar surface area (TPSA) is 33.5 Å². The number of fused-ring (bicyclic) bond motifs is 2. The van der Waals surface area contributed by atoms with Gasteiger partial charge in [-0.3, -0.25) is 4.79 Å². The minimum Gasteiger partial charge on any atom is -0.440 e. The average molecular weight is 405 g/mol. The Balaban J connectivity index is 1.82. The highest BCUT2D eigenvalue weighted by molar-refractivity contribution is 9.09. The second kappa shape index (κ2) is 6.26. The van der Waals surface area contributed by atoms with Crippen LogP contribution in [0, 0.1) is 0 Å². The maximum Gasteiger partial charge on any atom is 0.200 e. The fourth-order valence-electron chi connectivity index (χ4n) is 3.21. The molecule has 0 bridgehead atoms. The van der Waals surface area contributed by atoms with Gasteiger partial charge in [0.1, 0.15) is 5.58 Å². The summed E-state index contributed by atoms with van der Waals surface area (Å²) < 4.78 is 6.14. The lowest BCUT2D eigenvalue weighted by atomic mass is 10.1. The van der Waals surface area contributed by atoms with Gasteiger partial charge in [-0.15, -0.1) is 0 Å². The summed E-state index contributed by atoms with van der Waals surface area (Å²) in [7, 11) is 0. The fourth-order valence-corrected chi connectivity index (χ4v) is 3.88. The first-order valence-electron chi connectivity index (χ1n) is 7.79. The quantitative estimate of drug-likeness (QED) is 0.582. The van der Waals surface area contributed by atoms with Gasteiger partial charge in [-0.25, -0.2) is 0 Å². The molecule has 0 radical (unpaired) electrons. The molecule has 3 nitrogen and oxygen atoms in total. The molecule has 3 aromatic rings. The second-order valence-corrected chi connectivity index (χ2v) is 7.18. The van der Waals surface area contributed by atoms with Crippen molar-refractivity contribution >= 4 is 44.4 Å². The Morgan fingerprint density at radius 3 is 2.50 bits per heavy atom. The van der Waals surface area contributed by atoms with Gasteiger partial charge < -0.3 is 9.32 Å². The maximum atomic E-state index is 12.6. The molecule has 1 aliphatic heterocycles. The van der Waals surface area contributed by atoms with E-state index in [0.717, 1.165) is 30.4 Å². The standard InChI is InChI=1S/C19H15BrClNO2/c20-6-5-12-7-15(21)8-16-17(23)9-18(24-19(12)16)22-10-13-3-1-2-4-14(13)11-22/h1-4,7-9H,5-6,10-11H2. The van der Waals surface area contributed by atoms with Crippen molar-refractivity contribution in [3.63, 3.8) is 0 Å². The molecule has 1 aliphatic rings. The molecule has 24 heavy (non-hydrogen) atoms. The van der Waals surface area contributed by atoms with Crippen LogP contribution in [0.5, 0.6) is 0 Å². The SMILES string of the molecule is O=c1cc(N2Cc3ccccc3C2)oc2c(CCBr)cc(Cl)cc12. The maximum absolute atomic E-state index is 12.6. The van der Waals surface area contributed by atoms with Crippen LogP contribution in [0.3, 0.4) is 0 Å². The summed E-state index contributed by atoms with van der Waals surface area (Å²) in [5.74, 6) is 0.613. The van der Waals surface area contributed by atoms with Crippen molar-refractivity contribution in [1.82, 2.24) is 0 Å². The van der Waals surface area contributed by atoms with Crippen LogP contribution >= 0.6 is 27.5 Å². The number of hydrogen-bond acceptors (Lipinski definition) is 3. The first kappa shape index (κ1) is 15.7. The number of rotatable bonds is 3. The number of halogens is 2. The zero-order valence-corrected chi connectivity index (χ0v) is 15.2. The Bertz CT molecular complexity index is 958. The lowest BCUT2D eigenvalue weighted by Crippen LogP contribution is -2.17. The highest BCUT2D eigenvalue weighted by Gasteiger charge is 2.22. The zero-order valence-electron chi connectivity index (χ0n) is 12.9. The Hall–Kier alpha value is -1.78. The van der Waals surface area contributed by atoms with Crippen LogP contribution in [0.4, 0.5) is 5.88 Å². The third-order valence-electron chi connectivity index (χ3n) is 4.37. The molecule has 5 heteroatoms. The largest absolute Gasteiger partial charge is 0.440 e. The minimum atomic E-state index is -0.0551. The monoisotopic (exact) mass is 403 g/mol. The van der Waals surface area contributed by atoms with Crippen LogP contribution in [0.15, 0.2) is 51.7 Å². The summed E-state index contributed by atoms with van der Waals surface area (Å²) in [4.78, 5) is 14.7. The molecule has 0 spiro atoms. The zero-order chi connectivity index (χ0) is 16.7. The van der Waals surface area contributed by atoms with Crippen molar-refractivity contribution in [3.05, 3.63) is 74.4 Å². The van der Waals surface area contributed by atoms with Gasteiger partial charge in [-0.1, -0.05) is 51.8 Å². The predicted octanol–water partition coefficient (Wildman–Crippen LogP) is 4.90. The van der Waals surface area contributed by atoms with E-state index in [-0.39, 0.29) is 5.43 Å². The van der Waals surface area contributed by atoms with E-state index in [1.165, 1.54) is 11.1 Å². The van der Waals surface area contributed by atoms with Crippen LogP contribution in [0.2, 0.25) is 5.02 Å². The lowest BCUT2D eigenvalue weighted by Gasteiger charge is -2.17. The van der Waals surface area contributed by atoms with E-state index < -0.39 is 0 Å². The molecule has 0 atom stereocenters. The van der Waals surface area contributed by atoms with Crippen molar-refractivity contribution < 1.29 is 4.42 Å². The van der Waals surface area contributed by atoms with E-state index in [1.54, 1.807) is 12.1 Å². The molecule has 0 aliphatic carbocycles. The van der Waals surface area contributed by atoms with Crippen molar-refractivity contribution in [3.8, 4) is 0 Å². The Morgan fingerprint density at radius 2 is 1.83 bits per heavy atom. The average Bonchev–Trinajstić information content (AvgIpc) is 3.00. The van der Waals surface area contributed by atoms with Gasteiger partial charge in [-0.2, -0.15) is 0 Å². The number of nitrogens with zero attached hydrogens (tertiary/aromatic N) is 1. The summed E-state index contributed by atoms with van der Waals surface area (Å²) in [6.45, 7) is 1.51. The number of anilines is 1. The smallest absolute Gasteiger partial charge is 0.200 e. The van der Waals surface area contributed by atoms with E-state index in [2.05, 4.69) is 33.0 Å². The summed E-state index contributed by atoms with van der Waals surface area (Å²) in [5.41, 5.74) is 4.08. The summed E-state index contributed by atoms with van der Waals surface area (Å²) >= 11 is 9.60. The lowest BCUT2D eigenvalue weighted by molar-refractivity contribution is 0.572. The Morgan fingerprint density at radius 1 is 1.12 bits per heavy atom. The van der Waals surface area contributed by atoms with Crippen molar-refractivity contribution in [2.45, 2.75) is 19.5 Å². The van der Waals surface area contributed by atoms with Crippen molar-refractivity contribution in [1.29, 1.82) is 0 Å². The number of alkyl halides is 1. The molecule has 122 valence electrons. The summed E-state index contributed by atoms with van der Waals surface area (Å²) in [6, 6.07) is 13.4. The van der Waals surface area contributed by atoms with Crippen LogP contribution in [-0.2, 0) is 19.5 Å². The number of aryl methyl sites for hydroxylation is 1. The molecule has 0 saturated heterocycles. The van der Waals surface area contributed by atoms with E-state index in [1.807, 2.05) is 18.2 Å². The molecule has 4 rings (SSSR count). The normalized spacial score (nSPS) is 13.5. The van der Waals surface area contributed by atoms with Gasteiger partial charge >= 0.3 is 0 Å². The van der Waals surface area contributed by atoms with Crippen molar-refractivity contribution in [2.75, 3.05) is 10.2 Å². The van der Waals surface area contributed by atoms with Gasteiger partial charge in [0.2, 0.25) is 5.88 Å². The molecule has 0 N–H and O–H groups in total. The van der Waals surface area contributed by atoms with Gasteiger partial charge in [0.15, 0.2) is 5.43 Å². The molecular formula is C19H15BrClNO2. The fraction of sp³-hybridized carbons (Fsp3) is 0.211. The summed E-state index contributed by atoms with van der Waals surface area (Å²) in [5, 5.41) is 1.89. The Kier molecular flexibility index (Phi) is 4.10. The third kappa shape index (κ3) is 2.74. The molecule has 2 aromatic carbocycles. The molecule has 0 saturated carbocycles. The van der Waals surface area contributed by atoms with Crippen molar-refractivity contribution in [2.24, 2.45) is 0 Å². The highest BCUT2D eigenvalue weighted by Crippen LogP contribution is 2.31. The first-order chi connectivity index (χ1) is 11.7. The molecule has 0 unspecified atom stereocenters. The number of hydrogen-bond donors (Lipinski definition) is 0. The van der Waals surface area contributed by atoms with E-state index in [9.17, 15) is 4.79 Å². The van der Waals surface area contributed by atoms with Gasteiger partial charge in [0.25, 0.3) is 0 Å². The summed E-state index contributed by atoms with van der Waals surface area (Å²) in [6.07, 6.45) is 0.754. The second-order valence-electron chi connectivity index (χ2n) is 5.95. The van der Waals surface area contributed by atoms with E-state index in [4.69, 9.17) is 16.0 Å². The van der Waals surface area contributed by atoms with Gasteiger partial charge in [-0.05, 0) is 35.2 Å². The van der Waals surface area contributed by atoms with Crippen LogP contribution in [0.1, 0.15) is 16.7 Å². The molecule has 0 amide bonds. The van der Waals surface area contributed by atoms with E-state index in [0.29, 0.717) is 21.9 Å². The Labute approximate surface area is 153 Å². The molecule has 1 aromatic heterocycles. The molecule has 0 fully saturated rings. The van der Waals surface area contributed by atoms with Gasteiger partial charge in [0, 0.05) is 29.5 Å². The van der Waals surface area contributed by atoms with E-state index >= 15 is 0 Å². The minimum absolute atomic E-state index is 0.0551. The molecular weight excluding hydrogens is 390 g/mol.